The highest BCUT2D eigenvalue weighted by molar-refractivity contribution is 9.10. The van der Waals surface area contributed by atoms with Crippen LogP contribution in [-0.4, -0.2) is 0 Å². The molecule has 0 spiro atoms. The van der Waals surface area contributed by atoms with Crippen molar-refractivity contribution in [2.45, 2.75) is 32.9 Å². The van der Waals surface area contributed by atoms with Crippen LogP contribution in [0.25, 0.3) is 0 Å². The van der Waals surface area contributed by atoms with Gasteiger partial charge in [0.15, 0.2) is 0 Å². The Balaban J connectivity index is 1.91. The van der Waals surface area contributed by atoms with Gasteiger partial charge in [0, 0.05) is 16.9 Å². The summed E-state index contributed by atoms with van der Waals surface area (Å²) in [5.74, 6) is 2.04. The number of benzene rings is 1. The van der Waals surface area contributed by atoms with Crippen molar-refractivity contribution in [1.82, 2.24) is 5.32 Å². The van der Waals surface area contributed by atoms with Crippen LogP contribution in [0, 0.1) is 0 Å². The first-order chi connectivity index (χ1) is 8.69. The van der Waals surface area contributed by atoms with Gasteiger partial charge in [-0.15, -0.1) is 0 Å². The summed E-state index contributed by atoms with van der Waals surface area (Å²) in [6, 6.07) is 12.8. The molecule has 0 aliphatic rings. The zero-order valence-corrected chi connectivity index (χ0v) is 12.3. The Morgan fingerprint density at radius 1 is 1.11 bits per heavy atom. The third kappa shape index (κ3) is 3.47. The van der Waals surface area contributed by atoms with E-state index in [-0.39, 0.29) is 0 Å². The quantitative estimate of drug-likeness (QED) is 0.882. The molecule has 0 radical (unpaired) electrons. The average Bonchev–Trinajstić information content (AvgIpc) is 2.85. The summed E-state index contributed by atoms with van der Waals surface area (Å²) in [5, 5.41) is 3.46. The second-order valence-electron chi connectivity index (χ2n) is 4.38. The van der Waals surface area contributed by atoms with Crippen LogP contribution in [0.3, 0.4) is 0 Å². The molecule has 2 aromatic rings. The van der Waals surface area contributed by atoms with Gasteiger partial charge in [0.05, 0.1) is 6.54 Å². The van der Waals surface area contributed by atoms with E-state index in [9.17, 15) is 0 Å². The molecule has 0 aliphatic heterocycles. The second kappa shape index (κ2) is 6.21. The minimum atomic E-state index is 0.313. The maximum absolute atomic E-state index is 5.67. The molecule has 1 aromatic carbocycles. The van der Waals surface area contributed by atoms with Crippen molar-refractivity contribution >= 4 is 15.9 Å². The maximum Gasteiger partial charge on any atom is 0.117 e. The highest BCUT2D eigenvalue weighted by atomic mass is 79.9. The summed E-state index contributed by atoms with van der Waals surface area (Å²) < 4.78 is 6.78. The molecular weight excluding hydrogens is 290 g/mol. The average molecular weight is 308 g/mol. The molecule has 0 bridgehead atoms. The van der Waals surface area contributed by atoms with E-state index in [2.05, 4.69) is 59.4 Å². The minimum Gasteiger partial charge on any atom is -0.465 e. The fourth-order valence-electron chi connectivity index (χ4n) is 1.83. The van der Waals surface area contributed by atoms with E-state index in [0.29, 0.717) is 6.04 Å². The fraction of sp³-hybridized carbons (Fsp3) is 0.333. The standard InChI is InChI=1S/C15H18BrNO/c1-3-14-8-9-15(18-14)10-17-11(2)12-4-6-13(16)7-5-12/h4-9,11,17H,3,10H2,1-2H3/t11-/m1/s1. The molecule has 96 valence electrons. The van der Waals surface area contributed by atoms with Gasteiger partial charge in [-0.1, -0.05) is 35.0 Å². The first-order valence-corrected chi connectivity index (χ1v) is 7.04. The largest absolute Gasteiger partial charge is 0.465 e. The summed E-state index contributed by atoms with van der Waals surface area (Å²) in [7, 11) is 0. The van der Waals surface area contributed by atoms with Crippen molar-refractivity contribution in [3.8, 4) is 0 Å². The van der Waals surface area contributed by atoms with Gasteiger partial charge in [-0.05, 0) is 36.8 Å². The molecule has 0 fully saturated rings. The van der Waals surface area contributed by atoms with Crippen LogP contribution in [0.1, 0.15) is 37.0 Å². The van der Waals surface area contributed by atoms with Gasteiger partial charge in [0.1, 0.15) is 11.5 Å². The fourth-order valence-corrected chi connectivity index (χ4v) is 2.09. The first kappa shape index (κ1) is 13.4. The Hall–Kier alpha value is -1.06. The SMILES string of the molecule is CCc1ccc(CN[C@H](C)c2ccc(Br)cc2)o1. The molecule has 0 amide bonds. The molecule has 0 saturated heterocycles. The smallest absolute Gasteiger partial charge is 0.117 e. The molecule has 2 rings (SSSR count). The van der Waals surface area contributed by atoms with E-state index in [4.69, 9.17) is 4.42 Å². The predicted octanol–water partition coefficient (Wildman–Crippen LogP) is 4.46. The molecule has 1 atom stereocenters. The van der Waals surface area contributed by atoms with Gasteiger partial charge < -0.3 is 9.73 Å². The summed E-state index contributed by atoms with van der Waals surface area (Å²) in [5.41, 5.74) is 1.28. The van der Waals surface area contributed by atoms with Gasteiger partial charge in [-0.2, -0.15) is 0 Å². The zero-order valence-electron chi connectivity index (χ0n) is 10.7. The Bertz CT molecular complexity index is 489. The van der Waals surface area contributed by atoms with Gasteiger partial charge >= 0.3 is 0 Å². The highest BCUT2D eigenvalue weighted by Gasteiger charge is 2.06. The number of rotatable bonds is 5. The molecule has 2 nitrogen and oxygen atoms in total. The summed E-state index contributed by atoms with van der Waals surface area (Å²) >= 11 is 3.45. The van der Waals surface area contributed by atoms with Gasteiger partial charge in [-0.25, -0.2) is 0 Å². The second-order valence-corrected chi connectivity index (χ2v) is 5.29. The Labute approximate surface area is 117 Å². The predicted molar refractivity (Wildman–Crippen MR) is 77.5 cm³/mol. The number of hydrogen-bond acceptors (Lipinski definition) is 2. The van der Waals surface area contributed by atoms with E-state index in [0.717, 1.165) is 29.0 Å². The van der Waals surface area contributed by atoms with Crippen LogP contribution in [0.2, 0.25) is 0 Å². The molecule has 3 heteroatoms. The number of hydrogen-bond donors (Lipinski definition) is 1. The molecule has 1 heterocycles. The number of aryl methyl sites for hydroxylation is 1. The lowest BCUT2D eigenvalue weighted by Crippen LogP contribution is -2.17. The number of halogens is 1. The molecule has 18 heavy (non-hydrogen) atoms. The van der Waals surface area contributed by atoms with E-state index in [1.807, 2.05) is 12.1 Å². The van der Waals surface area contributed by atoms with Gasteiger partial charge in [0.2, 0.25) is 0 Å². The van der Waals surface area contributed by atoms with Crippen molar-refractivity contribution < 1.29 is 4.42 Å². The normalized spacial score (nSPS) is 12.6. The van der Waals surface area contributed by atoms with Crippen molar-refractivity contribution in [3.63, 3.8) is 0 Å². The third-order valence-corrected chi connectivity index (χ3v) is 3.55. The minimum absolute atomic E-state index is 0.313. The molecular formula is C15H18BrNO. The van der Waals surface area contributed by atoms with E-state index in [1.165, 1.54) is 5.56 Å². The summed E-state index contributed by atoms with van der Waals surface area (Å²) in [6.07, 6.45) is 0.947. The van der Waals surface area contributed by atoms with Crippen LogP contribution >= 0.6 is 15.9 Å². The summed E-state index contributed by atoms with van der Waals surface area (Å²) in [4.78, 5) is 0. The lowest BCUT2D eigenvalue weighted by atomic mass is 10.1. The molecule has 0 saturated carbocycles. The van der Waals surface area contributed by atoms with E-state index >= 15 is 0 Å². The van der Waals surface area contributed by atoms with Crippen LogP contribution < -0.4 is 5.32 Å². The van der Waals surface area contributed by atoms with Gasteiger partial charge in [-0.3, -0.25) is 0 Å². The van der Waals surface area contributed by atoms with E-state index in [1.54, 1.807) is 0 Å². The number of nitrogens with one attached hydrogen (secondary N) is 1. The van der Waals surface area contributed by atoms with Crippen molar-refractivity contribution in [1.29, 1.82) is 0 Å². The number of furan rings is 1. The van der Waals surface area contributed by atoms with Crippen molar-refractivity contribution in [2.75, 3.05) is 0 Å². The zero-order chi connectivity index (χ0) is 13.0. The van der Waals surface area contributed by atoms with Gasteiger partial charge in [0.25, 0.3) is 0 Å². The molecule has 1 aromatic heterocycles. The van der Waals surface area contributed by atoms with Crippen molar-refractivity contribution in [3.05, 3.63) is 58.0 Å². The maximum atomic E-state index is 5.67. The van der Waals surface area contributed by atoms with Crippen LogP contribution in [0.4, 0.5) is 0 Å². The monoisotopic (exact) mass is 307 g/mol. The topological polar surface area (TPSA) is 25.2 Å². The Morgan fingerprint density at radius 2 is 1.78 bits per heavy atom. The van der Waals surface area contributed by atoms with E-state index < -0.39 is 0 Å². The van der Waals surface area contributed by atoms with Crippen LogP contribution in [-0.2, 0) is 13.0 Å². The molecule has 0 unspecified atom stereocenters. The Kier molecular flexibility index (Phi) is 4.61. The van der Waals surface area contributed by atoms with Crippen molar-refractivity contribution in [2.24, 2.45) is 0 Å². The summed E-state index contributed by atoms with van der Waals surface area (Å²) in [6.45, 7) is 5.02. The lowest BCUT2D eigenvalue weighted by Gasteiger charge is -2.13. The highest BCUT2D eigenvalue weighted by Crippen LogP contribution is 2.17. The third-order valence-electron chi connectivity index (χ3n) is 3.02. The van der Waals surface area contributed by atoms with Crippen LogP contribution in [0.15, 0.2) is 45.3 Å². The van der Waals surface area contributed by atoms with Crippen LogP contribution in [0.5, 0.6) is 0 Å². The Morgan fingerprint density at radius 3 is 2.39 bits per heavy atom. The molecule has 0 aliphatic carbocycles. The lowest BCUT2D eigenvalue weighted by molar-refractivity contribution is 0.435. The first-order valence-electron chi connectivity index (χ1n) is 6.25. The molecule has 1 N–H and O–H groups in total.